The van der Waals surface area contributed by atoms with Crippen molar-refractivity contribution in [1.29, 1.82) is 0 Å². The molecule has 2 fully saturated rings. The Morgan fingerprint density at radius 2 is 1.41 bits per heavy atom. The Morgan fingerprint density at radius 1 is 0.870 bits per heavy atom. The van der Waals surface area contributed by atoms with Gasteiger partial charge in [0.15, 0.2) is 0 Å². The van der Waals surface area contributed by atoms with E-state index in [4.69, 9.17) is 34.4 Å². The maximum atomic E-state index is 10.6. The number of rotatable bonds is 4. The van der Waals surface area contributed by atoms with Crippen LogP contribution in [-0.2, 0) is 25.7 Å². The van der Waals surface area contributed by atoms with Gasteiger partial charge in [0.2, 0.25) is 0 Å². The molecule has 0 radical (unpaired) electrons. The first-order valence-electron chi connectivity index (χ1n) is 12.8. The number of halogens is 9. The molecule has 2 aliphatic rings. The van der Waals surface area contributed by atoms with E-state index in [0.29, 0.717) is 5.92 Å². The first-order valence-corrected chi connectivity index (χ1v) is 12.8. The van der Waals surface area contributed by atoms with Gasteiger partial charge in [-0.3, -0.25) is 9.88 Å². The number of hydrogen-bond acceptors (Lipinski definition) is 9. The molecule has 0 saturated carbocycles. The summed E-state index contributed by atoms with van der Waals surface area (Å²) in [5.74, 6) is -6.89. The Labute approximate surface area is 254 Å². The highest BCUT2D eigenvalue weighted by molar-refractivity contribution is 5.73. The van der Waals surface area contributed by atoms with Gasteiger partial charge >= 0.3 is 36.4 Å². The molecule has 4 heterocycles. The normalized spacial score (nSPS) is 19.7. The highest BCUT2D eigenvalue weighted by Gasteiger charge is 2.40. The Kier molecular flexibility index (Phi) is 15.1. The van der Waals surface area contributed by atoms with Gasteiger partial charge in [0, 0.05) is 32.4 Å². The molecule has 12 nitrogen and oxygen atoms in total. The quantitative estimate of drug-likeness (QED) is 0.340. The van der Waals surface area contributed by atoms with Crippen LogP contribution in [-0.4, -0.2) is 104 Å². The van der Waals surface area contributed by atoms with Crippen LogP contribution in [0, 0.1) is 12.8 Å². The van der Waals surface area contributed by atoms with Crippen LogP contribution in [0.15, 0.2) is 36.5 Å². The minimum atomic E-state index is -5.08. The zero-order valence-electron chi connectivity index (χ0n) is 23.6. The van der Waals surface area contributed by atoms with Crippen LogP contribution in [0.5, 0.6) is 0 Å². The number of aliphatic carboxylic acids is 3. The number of fused-ring (bicyclic) bond motifs is 1. The summed E-state index contributed by atoms with van der Waals surface area (Å²) < 4.78 is 101. The lowest BCUT2D eigenvalue weighted by atomic mass is 9.85. The number of alkyl halides is 9. The summed E-state index contributed by atoms with van der Waals surface area (Å²) >= 11 is 0. The zero-order chi connectivity index (χ0) is 35.3. The summed E-state index contributed by atoms with van der Waals surface area (Å²) in [6, 6.07) is 10.3. The van der Waals surface area contributed by atoms with E-state index < -0.39 is 36.4 Å². The number of nitrogens with zero attached hydrogens (tertiary/aromatic N) is 4. The fourth-order valence-electron chi connectivity index (χ4n) is 3.94. The Hall–Kier alpha value is -4.27. The number of aromatic nitrogens is 3. The van der Waals surface area contributed by atoms with Crippen molar-refractivity contribution in [3.8, 4) is 0 Å². The van der Waals surface area contributed by atoms with Crippen LogP contribution >= 0.6 is 0 Å². The molecule has 0 spiro atoms. The number of nitrogens with one attached hydrogen (secondary N) is 1. The largest absolute Gasteiger partial charge is 0.490 e. The third-order valence-electron chi connectivity index (χ3n) is 5.81. The summed E-state index contributed by atoms with van der Waals surface area (Å²) in [6.45, 7) is 5.68. The lowest BCUT2D eigenvalue weighted by Crippen LogP contribution is -2.57. The summed E-state index contributed by atoms with van der Waals surface area (Å²) in [6.07, 6.45) is -10.8. The summed E-state index contributed by atoms with van der Waals surface area (Å²) in [7, 11) is 0. The van der Waals surface area contributed by atoms with E-state index in [1.807, 2.05) is 31.3 Å². The first-order chi connectivity index (χ1) is 21.1. The second-order valence-electron chi connectivity index (χ2n) is 9.47. The molecule has 2 aromatic heterocycles. The third-order valence-corrected chi connectivity index (χ3v) is 5.81. The lowest BCUT2D eigenvalue weighted by molar-refractivity contribution is -0.193. The molecule has 0 amide bonds. The molecule has 2 aromatic rings. The number of likely N-dealkylation sites (tertiary alicyclic amines) is 1. The smallest absolute Gasteiger partial charge is 0.475 e. The molecule has 258 valence electrons. The molecule has 0 aliphatic carbocycles. The number of aryl methyl sites for hydroxylation is 1. The molecule has 46 heavy (non-hydrogen) atoms. The van der Waals surface area contributed by atoms with Gasteiger partial charge in [-0.05, 0) is 49.9 Å². The van der Waals surface area contributed by atoms with Crippen molar-refractivity contribution in [2.45, 2.75) is 57.0 Å². The van der Waals surface area contributed by atoms with E-state index in [0.717, 1.165) is 49.9 Å². The molecule has 0 unspecified atom stereocenters. The van der Waals surface area contributed by atoms with Crippen molar-refractivity contribution in [3.63, 3.8) is 0 Å². The molecule has 0 bridgehead atoms. The maximum Gasteiger partial charge on any atom is 0.490 e. The number of ether oxygens (including phenoxy) is 1. The minimum absolute atomic E-state index is 0.222. The summed E-state index contributed by atoms with van der Waals surface area (Å²) in [4.78, 5) is 33.7. The van der Waals surface area contributed by atoms with E-state index in [2.05, 4.69) is 37.5 Å². The number of piperidine rings is 1. The van der Waals surface area contributed by atoms with Crippen molar-refractivity contribution >= 4 is 23.7 Å². The monoisotopic (exact) mass is 681 g/mol. The number of carboxylic acid groups (broad SMARTS) is 3. The van der Waals surface area contributed by atoms with E-state index in [9.17, 15) is 39.5 Å². The van der Waals surface area contributed by atoms with Gasteiger partial charge in [0.05, 0.1) is 23.5 Å². The van der Waals surface area contributed by atoms with Crippen LogP contribution in [0.1, 0.15) is 24.2 Å². The van der Waals surface area contributed by atoms with Gasteiger partial charge in [0.1, 0.15) is 5.82 Å². The van der Waals surface area contributed by atoms with Crippen molar-refractivity contribution in [3.05, 3.63) is 47.9 Å². The van der Waals surface area contributed by atoms with Gasteiger partial charge < -0.3 is 25.4 Å². The summed E-state index contributed by atoms with van der Waals surface area (Å²) in [5, 5.41) is 33.4. The number of pyridine rings is 1. The predicted octanol–water partition coefficient (Wildman–Crippen LogP) is 4.17. The van der Waals surface area contributed by atoms with Crippen LogP contribution < -0.4 is 5.32 Å². The minimum Gasteiger partial charge on any atom is -0.475 e. The van der Waals surface area contributed by atoms with E-state index in [1.54, 1.807) is 0 Å². The molecule has 21 heteroatoms. The SMILES string of the molecule is Cc1ccc(N[C@@H]2CN(Cc3ccccn3)C[C@@H]3CCCO[C@@H]32)nn1.O=C(O)C(F)(F)F.O=C(O)C(F)(F)F.O=C(O)C(F)(F)F. The van der Waals surface area contributed by atoms with Crippen molar-refractivity contribution < 1.29 is 74.0 Å². The Bertz CT molecular complexity index is 1190. The highest BCUT2D eigenvalue weighted by atomic mass is 19.4. The van der Waals surface area contributed by atoms with E-state index in [-0.39, 0.29) is 12.1 Å². The molecule has 0 aromatic carbocycles. The second kappa shape index (κ2) is 17.4. The average Bonchev–Trinajstić information content (AvgIpc) is 2.94. The van der Waals surface area contributed by atoms with Gasteiger partial charge in [-0.1, -0.05) is 6.07 Å². The maximum absolute atomic E-state index is 10.6. The first kappa shape index (κ1) is 39.8. The van der Waals surface area contributed by atoms with Gasteiger partial charge in [-0.15, -0.1) is 5.10 Å². The van der Waals surface area contributed by atoms with Gasteiger partial charge in [-0.2, -0.15) is 44.6 Å². The number of carbonyl (C=O) groups is 3. The van der Waals surface area contributed by atoms with Crippen molar-refractivity contribution in [1.82, 2.24) is 20.1 Å². The Balaban J connectivity index is 0.000000413. The third kappa shape index (κ3) is 15.1. The second-order valence-corrected chi connectivity index (χ2v) is 9.47. The van der Waals surface area contributed by atoms with E-state index in [1.165, 1.54) is 6.42 Å². The molecule has 4 rings (SSSR count). The van der Waals surface area contributed by atoms with Crippen LogP contribution in [0.25, 0.3) is 0 Å². The molecular weight excluding hydrogens is 653 g/mol. The molecule has 2 aliphatic heterocycles. The van der Waals surface area contributed by atoms with Gasteiger partial charge in [0.25, 0.3) is 0 Å². The highest BCUT2D eigenvalue weighted by Crippen LogP contribution is 2.30. The predicted molar refractivity (Wildman–Crippen MR) is 137 cm³/mol. The summed E-state index contributed by atoms with van der Waals surface area (Å²) in [5.41, 5.74) is 2.05. The zero-order valence-corrected chi connectivity index (χ0v) is 23.6. The average molecular weight is 682 g/mol. The fourth-order valence-corrected chi connectivity index (χ4v) is 3.94. The van der Waals surface area contributed by atoms with Crippen molar-refractivity contribution in [2.24, 2.45) is 5.92 Å². The van der Waals surface area contributed by atoms with E-state index >= 15 is 0 Å². The number of hydrogen-bond donors (Lipinski definition) is 4. The fraction of sp³-hybridized carbons (Fsp3) is 0.520. The van der Waals surface area contributed by atoms with Crippen LogP contribution in [0.3, 0.4) is 0 Å². The van der Waals surface area contributed by atoms with Crippen molar-refractivity contribution in [2.75, 3.05) is 25.0 Å². The topological polar surface area (TPSA) is 175 Å². The van der Waals surface area contributed by atoms with Crippen LogP contribution in [0.2, 0.25) is 0 Å². The molecule has 4 N–H and O–H groups in total. The lowest BCUT2D eigenvalue weighted by Gasteiger charge is -2.46. The molecule has 3 atom stereocenters. The number of anilines is 1. The standard InChI is InChI=1S/C19H25N5O.3C2HF3O2/c1-14-7-8-18(23-22-14)21-17-13-24(12-16-6-2-3-9-20-16)11-15-5-4-10-25-19(15)17;3*3-2(4,5)1(6)7/h2-3,6-9,15,17,19H,4-5,10-13H2,1H3,(H,21,23);3*(H,6,7)/t15-,17+,19-;;;/m0.../s1. The number of carboxylic acids is 3. The van der Waals surface area contributed by atoms with Crippen LogP contribution in [0.4, 0.5) is 45.3 Å². The molecule has 2 saturated heterocycles. The Morgan fingerprint density at radius 3 is 1.85 bits per heavy atom. The van der Waals surface area contributed by atoms with Gasteiger partial charge in [-0.25, -0.2) is 14.4 Å². The molecular formula is C25H28F9N5O7.